The SMILES string of the molecule is CC(=O)Oc1c(C(C)C)cc(/C=C2/SCCN(CC#N)C2=O)cc1C(C)C. The Kier molecular flexibility index (Phi) is 7.09. The van der Waals surface area contributed by atoms with Gasteiger partial charge < -0.3 is 9.64 Å². The number of thioether (sulfide) groups is 1. The van der Waals surface area contributed by atoms with E-state index in [1.54, 1.807) is 4.90 Å². The Balaban J connectivity index is 2.52. The first kappa shape index (κ1) is 21.0. The standard InChI is InChI=1S/C21H26N2O3S/c1-13(2)17-10-16(11-18(14(3)4)20(17)26-15(5)24)12-19-21(25)23(7-6-22)8-9-27-19/h10-14H,7-9H2,1-5H3/b19-12+. The first-order chi connectivity index (χ1) is 12.7. The lowest BCUT2D eigenvalue weighted by Crippen LogP contribution is -2.37. The highest BCUT2D eigenvalue weighted by Crippen LogP contribution is 2.37. The van der Waals surface area contributed by atoms with Gasteiger partial charge in [0.15, 0.2) is 0 Å². The van der Waals surface area contributed by atoms with Crippen molar-refractivity contribution in [2.45, 2.75) is 46.5 Å². The molecule has 1 saturated heterocycles. The molecule has 5 nitrogen and oxygen atoms in total. The molecule has 144 valence electrons. The molecule has 1 fully saturated rings. The summed E-state index contributed by atoms with van der Waals surface area (Å²) in [4.78, 5) is 26.4. The molecule has 0 bridgehead atoms. The van der Waals surface area contributed by atoms with Crippen LogP contribution in [0.3, 0.4) is 0 Å². The molecular formula is C21H26N2O3S. The van der Waals surface area contributed by atoms with Crippen LogP contribution in [-0.4, -0.2) is 35.6 Å². The minimum atomic E-state index is -0.338. The summed E-state index contributed by atoms with van der Waals surface area (Å²) in [5.74, 6) is 1.30. The maximum atomic E-state index is 12.6. The fourth-order valence-electron chi connectivity index (χ4n) is 2.98. The lowest BCUT2D eigenvalue weighted by Gasteiger charge is -2.26. The zero-order chi connectivity index (χ0) is 20.1. The molecule has 0 N–H and O–H groups in total. The third-order valence-electron chi connectivity index (χ3n) is 4.33. The minimum Gasteiger partial charge on any atom is -0.426 e. The van der Waals surface area contributed by atoms with E-state index in [-0.39, 0.29) is 30.3 Å². The molecule has 6 heteroatoms. The Morgan fingerprint density at radius 1 is 1.30 bits per heavy atom. The van der Waals surface area contributed by atoms with Crippen LogP contribution in [-0.2, 0) is 9.59 Å². The predicted molar refractivity (Wildman–Crippen MR) is 109 cm³/mol. The smallest absolute Gasteiger partial charge is 0.308 e. The molecule has 1 amide bonds. The highest BCUT2D eigenvalue weighted by atomic mass is 32.2. The van der Waals surface area contributed by atoms with Gasteiger partial charge in [-0.3, -0.25) is 9.59 Å². The molecule has 0 radical (unpaired) electrons. The fourth-order valence-corrected chi connectivity index (χ4v) is 3.98. The van der Waals surface area contributed by atoms with Crippen LogP contribution < -0.4 is 4.74 Å². The van der Waals surface area contributed by atoms with E-state index in [9.17, 15) is 9.59 Å². The van der Waals surface area contributed by atoms with Gasteiger partial charge in [0.1, 0.15) is 12.3 Å². The van der Waals surface area contributed by atoms with Crippen LogP contribution in [0.4, 0.5) is 0 Å². The summed E-state index contributed by atoms with van der Waals surface area (Å²) in [5, 5.41) is 8.90. The van der Waals surface area contributed by atoms with Crippen LogP contribution in [0.25, 0.3) is 6.08 Å². The number of amides is 1. The summed E-state index contributed by atoms with van der Waals surface area (Å²) >= 11 is 1.51. The largest absolute Gasteiger partial charge is 0.426 e. The third kappa shape index (κ3) is 5.14. The Morgan fingerprint density at radius 3 is 2.37 bits per heavy atom. The van der Waals surface area contributed by atoms with Gasteiger partial charge in [-0.15, -0.1) is 11.8 Å². The van der Waals surface area contributed by atoms with Gasteiger partial charge in [0.2, 0.25) is 0 Å². The number of rotatable bonds is 5. The third-order valence-corrected chi connectivity index (χ3v) is 5.32. The molecular weight excluding hydrogens is 360 g/mol. The summed E-state index contributed by atoms with van der Waals surface area (Å²) in [6.07, 6.45) is 1.88. The van der Waals surface area contributed by atoms with Crippen molar-refractivity contribution >= 4 is 29.7 Å². The van der Waals surface area contributed by atoms with Gasteiger partial charge in [-0.1, -0.05) is 27.7 Å². The van der Waals surface area contributed by atoms with Crippen LogP contribution in [0, 0.1) is 11.3 Å². The van der Waals surface area contributed by atoms with Crippen molar-refractivity contribution in [3.63, 3.8) is 0 Å². The van der Waals surface area contributed by atoms with Crippen molar-refractivity contribution in [2.24, 2.45) is 0 Å². The van der Waals surface area contributed by atoms with E-state index in [4.69, 9.17) is 10.00 Å². The Morgan fingerprint density at radius 2 is 1.89 bits per heavy atom. The fraction of sp³-hybridized carbons (Fsp3) is 0.476. The Hall–Kier alpha value is -2.26. The second kappa shape index (κ2) is 9.09. The second-order valence-corrected chi connectivity index (χ2v) is 8.31. The zero-order valence-corrected chi connectivity index (χ0v) is 17.4. The van der Waals surface area contributed by atoms with Crippen LogP contribution >= 0.6 is 11.8 Å². The molecule has 1 aliphatic rings. The quantitative estimate of drug-likeness (QED) is 0.327. The number of benzene rings is 1. The van der Waals surface area contributed by atoms with E-state index in [2.05, 4.69) is 27.7 Å². The second-order valence-electron chi connectivity index (χ2n) is 7.17. The minimum absolute atomic E-state index is 0.103. The lowest BCUT2D eigenvalue weighted by atomic mass is 9.91. The van der Waals surface area contributed by atoms with Gasteiger partial charge in [0.25, 0.3) is 5.91 Å². The van der Waals surface area contributed by atoms with Gasteiger partial charge in [-0.05, 0) is 46.7 Å². The molecule has 0 spiro atoms. The van der Waals surface area contributed by atoms with Crippen molar-refractivity contribution in [1.82, 2.24) is 4.90 Å². The van der Waals surface area contributed by atoms with E-state index in [0.29, 0.717) is 17.2 Å². The molecule has 0 saturated carbocycles. The monoisotopic (exact) mass is 386 g/mol. The summed E-state index contributed by atoms with van der Waals surface area (Å²) in [6.45, 7) is 10.3. The van der Waals surface area contributed by atoms with Gasteiger partial charge in [0, 0.05) is 19.2 Å². The average Bonchev–Trinajstić information content (AvgIpc) is 2.58. The van der Waals surface area contributed by atoms with E-state index in [0.717, 1.165) is 22.4 Å². The molecule has 2 rings (SSSR count). The number of hydrogen-bond donors (Lipinski definition) is 0. The van der Waals surface area contributed by atoms with Crippen molar-refractivity contribution in [2.75, 3.05) is 18.8 Å². The maximum absolute atomic E-state index is 12.6. The van der Waals surface area contributed by atoms with Crippen LogP contribution in [0.2, 0.25) is 0 Å². The van der Waals surface area contributed by atoms with Crippen LogP contribution in [0.15, 0.2) is 17.0 Å². The zero-order valence-electron chi connectivity index (χ0n) is 16.5. The van der Waals surface area contributed by atoms with Crippen molar-refractivity contribution < 1.29 is 14.3 Å². The number of hydrogen-bond acceptors (Lipinski definition) is 5. The molecule has 1 aromatic rings. The van der Waals surface area contributed by atoms with E-state index < -0.39 is 0 Å². The summed E-state index contributed by atoms with van der Waals surface area (Å²) in [7, 11) is 0. The van der Waals surface area contributed by atoms with Gasteiger partial charge in [-0.25, -0.2) is 0 Å². The number of nitriles is 1. The molecule has 0 atom stereocenters. The van der Waals surface area contributed by atoms with Crippen molar-refractivity contribution in [1.29, 1.82) is 5.26 Å². The van der Waals surface area contributed by atoms with E-state index in [1.165, 1.54) is 18.7 Å². The summed E-state index contributed by atoms with van der Waals surface area (Å²) < 4.78 is 5.54. The highest BCUT2D eigenvalue weighted by Gasteiger charge is 2.24. The normalized spacial score (nSPS) is 16.1. The molecule has 27 heavy (non-hydrogen) atoms. The number of carbonyl (C=O) groups excluding carboxylic acids is 2. The summed E-state index contributed by atoms with van der Waals surface area (Å²) in [5.41, 5.74) is 2.81. The van der Waals surface area contributed by atoms with Gasteiger partial charge in [0.05, 0.1) is 11.0 Å². The van der Waals surface area contributed by atoms with Gasteiger partial charge in [-0.2, -0.15) is 5.26 Å². The Labute approximate surface area is 165 Å². The lowest BCUT2D eigenvalue weighted by molar-refractivity contribution is -0.132. The van der Waals surface area contributed by atoms with Crippen molar-refractivity contribution in [3.8, 4) is 11.8 Å². The molecule has 1 aliphatic heterocycles. The van der Waals surface area contributed by atoms with E-state index >= 15 is 0 Å². The van der Waals surface area contributed by atoms with Crippen LogP contribution in [0.1, 0.15) is 63.1 Å². The molecule has 1 aromatic carbocycles. The Bertz CT molecular complexity index is 777. The van der Waals surface area contributed by atoms with E-state index in [1.807, 2.05) is 24.3 Å². The highest BCUT2D eigenvalue weighted by molar-refractivity contribution is 8.04. The van der Waals surface area contributed by atoms with Crippen molar-refractivity contribution in [3.05, 3.63) is 33.7 Å². The number of esters is 1. The first-order valence-electron chi connectivity index (χ1n) is 9.11. The predicted octanol–water partition coefficient (Wildman–Crippen LogP) is 4.30. The summed E-state index contributed by atoms with van der Waals surface area (Å²) in [6, 6.07) is 6.02. The average molecular weight is 387 g/mol. The maximum Gasteiger partial charge on any atom is 0.308 e. The molecule has 0 aromatic heterocycles. The number of carbonyl (C=O) groups is 2. The first-order valence-corrected chi connectivity index (χ1v) is 10.1. The van der Waals surface area contributed by atoms with Gasteiger partial charge >= 0.3 is 5.97 Å². The number of nitrogens with zero attached hydrogens (tertiary/aromatic N) is 2. The number of ether oxygens (including phenoxy) is 1. The molecule has 0 unspecified atom stereocenters. The van der Waals surface area contributed by atoms with Crippen LogP contribution in [0.5, 0.6) is 5.75 Å². The molecule has 1 heterocycles. The molecule has 0 aliphatic carbocycles. The topological polar surface area (TPSA) is 70.4 Å².